The number of amidine groups is 1. The number of benzene rings is 1. The van der Waals surface area contributed by atoms with Crippen LogP contribution in [0.5, 0.6) is 5.75 Å². The molecule has 146 valence electrons. The van der Waals surface area contributed by atoms with Crippen molar-refractivity contribution >= 4 is 11.5 Å². The van der Waals surface area contributed by atoms with E-state index in [0.717, 1.165) is 49.4 Å². The van der Waals surface area contributed by atoms with E-state index in [9.17, 15) is 5.11 Å². The Morgan fingerprint density at radius 2 is 2.14 bits per heavy atom. The van der Waals surface area contributed by atoms with Gasteiger partial charge < -0.3 is 15.3 Å². The molecule has 1 fully saturated rings. The van der Waals surface area contributed by atoms with Crippen LogP contribution >= 0.6 is 0 Å². The highest BCUT2D eigenvalue weighted by Gasteiger charge is 2.23. The topological polar surface area (TPSA) is 88.9 Å². The molecule has 2 aliphatic heterocycles. The molecule has 7 heteroatoms. The summed E-state index contributed by atoms with van der Waals surface area (Å²) in [5.74, 6) is 1.20. The summed E-state index contributed by atoms with van der Waals surface area (Å²) in [5.41, 5.74) is 4.49. The fourth-order valence-corrected chi connectivity index (χ4v) is 3.70. The average molecular weight is 378 g/mol. The molecule has 1 aromatic carbocycles. The van der Waals surface area contributed by atoms with Crippen molar-refractivity contribution < 1.29 is 5.11 Å². The Kier molecular flexibility index (Phi) is 5.25. The molecule has 0 bridgehead atoms. The van der Waals surface area contributed by atoms with E-state index in [-0.39, 0.29) is 5.75 Å². The zero-order chi connectivity index (χ0) is 19.5. The lowest BCUT2D eigenvalue weighted by Crippen LogP contribution is -2.52. The average Bonchev–Trinajstić information content (AvgIpc) is 3.16. The highest BCUT2D eigenvalue weighted by atomic mass is 16.3. The van der Waals surface area contributed by atoms with Crippen molar-refractivity contribution in [3.63, 3.8) is 0 Å². The summed E-state index contributed by atoms with van der Waals surface area (Å²) in [6, 6.07) is 6.00. The molecule has 1 aromatic heterocycles. The number of piperazine rings is 1. The number of hydrogen-bond acceptors (Lipinski definition) is 6. The maximum atomic E-state index is 10.6. The first-order chi connectivity index (χ1) is 13.7. The number of hydrogen-bond donors (Lipinski definition) is 3. The number of nitrogens with one attached hydrogen (secondary N) is 2. The maximum Gasteiger partial charge on any atom is 0.132 e. The zero-order valence-corrected chi connectivity index (χ0v) is 16.3. The molecule has 0 spiro atoms. The van der Waals surface area contributed by atoms with E-state index in [4.69, 9.17) is 0 Å². The van der Waals surface area contributed by atoms with Crippen molar-refractivity contribution in [3.05, 3.63) is 47.8 Å². The third-order valence-corrected chi connectivity index (χ3v) is 5.39. The Bertz CT molecular complexity index is 928. The van der Waals surface area contributed by atoms with Crippen molar-refractivity contribution in [2.75, 3.05) is 19.6 Å². The Balaban J connectivity index is 1.68. The summed E-state index contributed by atoms with van der Waals surface area (Å²) in [7, 11) is 0. The molecule has 1 saturated heterocycles. The van der Waals surface area contributed by atoms with Gasteiger partial charge in [0.1, 0.15) is 11.6 Å². The second-order valence-electron chi connectivity index (χ2n) is 7.30. The van der Waals surface area contributed by atoms with Crippen molar-refractivity contribution in [1.82, 2.24) is 20.4 Å². The van der Waals surface area contributed by atoms with Gasteiger partial charge in [-0.05, 0) is 37.1 Å². The standard InChI is InChI=1S/C21H26N6O/c1-3-15-8-19(25-26-21(9-15)27-7-6-22-11-14(27)2)18-5-4-16(10-20(18)28)17-12-23-24-13-17/h4-5,8,10,12-14,22,28H,3,6-7,9,11H2,1-2H3,(H,23,24)/t14-/m1/s1. The number of rotatable bonds is 3. The number of phenols is 1. The third-order valence-electron chi connectivity index (χ3n) is 5.39. The van der Waals surface area contributed by atoms with Crippen LogP contribution in [0.2, 0.25) is 0 Å². The maximum absolute atomic E-state index is 10.6. The highest BCUT2D eigenvalue weighted by molar-refractivity contribution is 6.12. The van der Waals surface area contributed by atoms with Gasteiger partial charge in [0, 0.05) is 49.4 Å². The van der Waals surface area contributed by atoms with Crippen LogP contribution in [0, 0.1) is 0 Å². The predicted octanol–water partition coefficient (Wildman–Crippen LogP) is 2.92. The molecule has 1 atom stereocenters. The minimum absolute atomic E-state index is 0.193. The molecule has 0 radical (unpaired) electrons. The molecule has 0 aliphatic carbocycles. The van der Waals surface area contributed by atoms with Crippen LogP contribution in [0.3, 0.4) is 0 Å². The largest absolute Gasteiger partial charge is 0.507 e. The van der Waals surface area contributed by atoms with Gasteiger partial charge in [-0.2, -0.15) is 5.10 Å². The predicted molar refractivity (Wildman–Crippen MR) is 112 cm³/mol. The van der Waals surface area contributed by atoms with Gasteiger partial charge in [0.05, 0.1) is 11.9 Å². The summed E-state index contributed by atoms with van der Waals surface area (Å²) in [6.45, 7) is 7.21. The summed E-state index contributed by atoms with van der Waals surface area (Å²) >= 11 is 0. The second-order valence-corrected chi connectivity index (χ2v) is 7.30. The van der Waals surface area contributed by atoms with E-state index in [2.05, 4.69) is 50.5 Å². The number of aromatic hydroxyl groups is 1. The zero-order valence-electron chi connectivity index (χ0n) is 16.3. The van der Waals surface area contributed by atoms with Crippen LogP contribution in [0.4, 0.5) is 0 Å². The van der Waals surface area contributed by atoms with Gasteiger partial charge in [0.15, 0.2) is 0 Å². The smallest absolute Gasteiger partial charge is 0.132 e. The summed E-state index contributed by atoms with van der Waals surface area (Å²) in [5, 5.41) is 29.9. The molecule has 0 unspecified atom stereocenters. The minimum atomic E-state index is 0.193. The quantitative estimate of drug-likeness (QED) is 0.766. The van der Waals surface area contributed by atoms with Gasteiger partial charge in [-0.15, -0.1) is 10.2 Å². The lowest BCUT2D eigenvalue weighted by molar-refractivity contribution is 0.270. The van der Waals surface area contributed by atoms with E-state index in [1.165, 1.54) is 5.57 Å². The van der Waals surface area contributed by atoms with Gasteiger partial charge in [-0.25, -0.2) is 0 Å². The van der Waals surface area contributed by atoms with E-state index in [0.29, 0.717) is 17.3 Å². The van der Waals surface area contributed by atoms with Gasteiger partial charge in [-0.1, -0.05) is 18.6 Å². The van der Waals surface area contributed by atoms with Crippen LogP contribution in [0.25, 0.3) is 11.1 Å². The first kappa shape index (κ1) is 18.4. The number of aromatic amines is 1. The van der Waals surface area contributed by atoms with E-state index < -0.39 is 0 Å². The normalized spacial score (nSPS) is 20.3. The van der Waals surface area contributed by atoms with Crippen molar-refractivity contribution in [1.29, 1.82) is 0 Å². The molecule has 3 N–H and O–H groups in total. The van der Waals surface area contributed by atoms with Crippen LogP contribution in [-0.4, -0.2) is 57.4 Å². The lowest BCUT2D eigenvalue weighted by atomic mass is 9.99. The third kappa shape index (κ3) is 3.71. The fraction of sp³-hybridized carbons (Fsp3) is 0.381. The van der Waals surface area contributed by atoms with E-state index in [1.807, 2.05) is 12.1 Å². The summed E-state index contributed by atoms with van der Waals surface area (Å²) < 4.78 is 0. The monoisotopic (exact) mass is 378 g/mol. The molecular formula is C21H26N6O. The van der Waals surface area contributed by atoms with Crippen LogP contribution < -0.4 is 5.32 Å². The van der Waals surface area contributed by atoms with E-state index >= 15 is 0 Å². The summed E-state index contributed by atoms with van der Waals surface area (Å²) in [4.78, 5) is 2.34. The molecule has 2 aliphatic rings. The molecule has 3 heterocycles. The number of H-pyrrole nitrogens is 1. The molecule has 28 heavy (non-hydrogen) atoms. The first-order valence-corrected chi connectivity index (χ1v) is 9.79. The van der Waals surface area contributed by atoms with Crippen LogP contribution in [-0.2, 0) is 0 Å². The van der Waals surface area contributed by atoms with Crippen LogP contribution in [0.15, 0.2) is 52.4 Å². The first-order valence-electron chi connectivity index (χ1n) is 9.79. The number of nitrogens with zero attached hydrogens (tertiary/aromatic N) is 4. The van der Waals surface area contributed by atoms with Gasteiger partial charge in [0.2, 0.25) is 0 Å². The van der Waals surface area contributed by atoms with Gasteiger partial charge in [-0.3, -0.25) is 5.10 Å². The Morgan fingerprint density at radius 1 is 1.25 bits per heavy atom. The molecule has 0 saturated carbocycles. The minimum Gasteiger partial charge on any atom is -0.507 e. The Hall–Kier alpha value is -2.93. The van der Waals surface area contributed by atoms with Crippen molar-refractivity contribution in [3.8, 4) is 16.9 Å². The fourth-order valence-electron chi connectivity index (χ4n) is 3.70. The lowest BCUT2D eigenvalue weighted by Gasteiger charge is -2.36. The molecule has 0 amide bonds. The SMILES string of the molecule is CCC1=CC(c2ccc(-c3cn[nH]c3)cc2O)=NN=C(N2CCNC[C@H]2C)C1. The number of aromatic nitrogens is 2. The van der Waals surface area contributed by atoms with Gasteiger partial charge >= 0.3 is 0 Å². The van der Waals surface area contributed by atoms with E-state index in [1.54, 1.807) is 18.5 Å². The number of phenolic OH excluding ortho intramolecular Hbond substituents is 1. The Labute approximate surface area is 164 Å². The molecule has 2 aromatic rings. The molecule has 4 rings (SSSR count). The number of allylic oxidation sites excluding steroid dienone is 1. The van der Waals surface area contributed by atoms with Crippen molar-refractivity contribution in [2.24, 2.45) is 10.2 Å². The Morgan fingerprint density at radius 3 is 2.86 bits per heavy atom. The summed E-state index contributed by atoms with van der Waals surface area (Å²) in [6.07, 6.45) is 7.32. The molecule has 7 nitrogen and oxygen atoms in total. The van der Waals surface area contributed by atoms with Gasteiger partial charge in [0.25, 0.3) is 0 Å². The second kappa shape index (κ2) is 7.98. The van der Waals surface area contributed by atoms with Crippen molar-refractivity contribution in [2.45, 2.75) is 32.7 Å². The molecular weight excluding hydrogens is 352 g/mol. The highest BCUT2D eigenvalue weighted by Crippen LogP contribution is 2.28. The van der Waals surface area contributed by atoms with Crippen LogP contribution in [0.1, 0.15) is 32.3 Å².